The van der Waals surface area contributed by atoms with E-state index in [1.807, 2.05) is 0 Å². The summed E-state index contributed by atoms with van der Waals surface area (Å²) in [7, 11) is 0. The van der Waals surface area contributed by atoms with E-state index in [2.05, 4.69) is 0 Å². The lowest BCUT2D eigenvalue weighted by atomic mass is 9.79. The molecular weight excluding hydrogens is 203 g/mol. The van der Waals surface area contributed by atoms with E-state index in [0.29, 0.717) is 18.6 Å². The SMILES string of the molecule is CCC(C)(CN)c1c(F)cc(F)cc1F. The molecule has 0 aliphatic rings. The Morgan fingerprint density at radius 3 is 2.00 bits per heavy atom. The van der Waals surface area contributed by atoms with Crippen molar-refractivity contribution < 1.29 is 13.2 Å². The van der Waals surface area contributed by atoms with E-state index in [0.717, 1.165) is 0 Å². The molecule has 0 saturated heterocycles. The van der Waals surface area contributed by atoms with Gasteiger partial charge in [-0.15, -0.1) is 0 Å². The van der Waals surface area contributed by atoms with Crippen molar-refractivity contribution in [3.8, 4) is 0 Å². The highest BCUT2D eigenvalue weighted by molar-refractivity contribution is 5.29. The Labute approximate surface area is 87.1 Å². The topological polar surface area (TPSA) is 26.0 Å². The number of hydrogen-bond donors (Lipinski definition) is 1. The van der Waals surface area contributed by atoms with E-state index in [1.54, 1.807) is 13.8 Å². The monoisotopic (exact) mass is 217 g/mol. The molecule has 0 aliphatic carbocycles. The summed E-state index contributed by atoms with van der Waals surface area (Å²) in [6.07, 6.45) is 0.489. The van der Waals surface area contributed by atoms with Gasteiger partial charge in [0.05, 0.1) is 0 Å². The molecule has 0 aromatic heterocycles. The molecule has 0 heterocycles. The van der Waals surface area contributed by atoms with E-state index in [4.69, 9.17) is 5.73 Å². The average Bonchev–Trinajstić information content (AvgIpc) is 2.15. The summed E-state index contributed by atoms with van der Waals surface area (Å²) in [6, 6.07) is 1.37. The van der Waals surface area contributed by atoms with Crippen molar-refractivity contribution in [2.75, 3.05) is 6.54 Å². The minimum absolute atomic E-state index is 0.114. The second kappa shape index (κ2) is 4.23. The number of halogens is 3. The molecule has 1 nitrogen and oxygen atoms in total. The van der Waals surface area contributed by atoms with Gasteiger partial charge in [-0.05, 0) is 6.42 Å². The average molecular weight is 217 g/mol. The zero-order valence-corrected chi connectivity index (χ0v) is 8.78. The van der Waals surface area contributed by atoms with Crippen LogP contribution >= 0.6 is 0 Å². The molecule has 0 bridgehead atoms. The Bertz CT molecular complexity index is 336. The zero-order valence-electron chi connectivity index (χ0n) is 8.78. The first-order valence-electron chi connectivity index (χ1n) is 4.79. The lowest BCUT2D eigenvalue weighted by Crippen LogP contribution is -2.33. The highest BCUT2D eigenvalue weighted by atomic mass is 19.1. The van der Waals surface area contributed by atoms with Crippen LogP contribution in [0.4, 0.5) is 13.2 Å². The van der Waals surface area contributed by atoms with E-state index >= 15 is 0 Å². The van der Waals surface area contributed by atoms with Crippen molar-refractivity contribution >= 4 is 0 Å². The van der Waals surface area contributed by atoms with Crippen LogP contribution in [-0.2, 0) is 5.41 Å². The molecule has 4 heteroatoms. The molecule has 1 atom stereocenters. The highest BCUT2D eigenvalue weighted by Crippen LogP contribution is 2.31. The summed E-state index contributed by atoms with van der Waals surface area (Å²) in [5, 5.41) is 0. The van der Waals surface area contributed by atoms with E-state index in [9.17, 15) is 13.2 Å². The normalized spacial score (nSPS) is 15.1. The van der Waals surface area contributed by atoms with Crippen molar-refractivity contribution in [3.05, 3.63) is 35.1 Å². The molecule has 0 fully saturated rings. The zero-order chi connectivity index (χ0) is 11.6. The summed E-state index contributed by atoms with van der Waals surface area (Å²) < 4.78 is 39.6. The fourth-order valence-corrected chi connectivity index (χ4v) is 1.54. The first-order valence-corrected chi connectivity index (χ1v) is 4.79. The molecule has 15 heavy (non-hydrogen) atoms. The van der Waals surface area contributed by atoms with Crippen molar-refractivity contribution in [2.24, 2.45) is 5.73 Å². The summed E-state index contributed by atoms with van der Waals surface area (Å²) in [5.41, 5.74) is 4.58. The third-order valence-corrected chi connectivity index (χ3v) is 2.84. The smallest absolute Gasteiger partial charge is 0.132 e. The Hall–Kier alpha value is -1.03. The molecule has 0 amide bonds. The Balaban J connectivity index is 3.36. The van der Waals surface area contributed by atoms with Gasteiger partial charge in [0, 0.05) is 29.7 Å². The van der Waals surface area contributed by atoms with Gasteiger partial charge in [0.15, 0.2) is 0 Å². The molecule has 0 spiro atoms. The van der Waals surface area contributed by atoms with E-state index in [1.165, 1.54) is 0 Å². The van der Waals surface area contributed by atoms with Crippen LogP contribution in [0.5, 0.6) is 0 Å². The quantitative estimate of drug-likeness (QED) is 0.827. The van der Waals surface area contributed by atoms with Crippen molar-refractivity contribution in [3.63, 3.8) is 0 Å². The van der Waals surface area contributed by atoms with Crippen molar-refractivity contribution in [1.29, 1.82) is 0 Å². The molecule has 1 unspecified atom stereocenters. The summed E-state index contributed by atoms with van der Waals surface area (Å²) in [4.78, 5) is 0. The molecular formula is C11H14F3N. The van der Waals surface area contributed by atoms with E-state index < -0.39 is 22.9 Å². The molecule has 0 aliphatic heterocycles. The highest BCUT2D eigenvalue weighted by Gasteiger charge is 2.30. The maximum atomic E-state index is 13.4. The number of rotatable bonds is 3. The molecule has 1 aromatic carbocycles. The van der Waals surface area contributed by atoms with Gasteiger partial charge in [0.25, 0.3) is 0 Å². The van der Waals surface area contributed by atoms with Gasteiger partial charge in [-0.25, -0.2) is 13.2 Å². The Morgan fingerprint density at radius 1 is 1.20 bits per heavy atom. The van der Waals surface area contributed by atoms with Crippen molar-refractivity contribution in [2.45, 2.75) is 25.7 Å². The molecule has 1 rings (SSSR count). The standard InChI is InChI=1S/C11H14F3N/c1-3-11(2,6-15)10-8(13)4-7(12)5-9(10)14/h4-5H,3,6,15H2,1-2H3. The van der Waals surface area contributed by atoms with Gasteiger partial charge in [0.2, 0.25) is 0 Å². The summed E-state index contributed by atoms with van der Waals surface area (Å²) >= 11 is 0. The van der Waals surface area contributed by atoms with Crippen LogP contribution in [0.1, 0.15) is 25.8 Å². The van der Waals surface area contributed by atoms with Crippen LogP contribution in [0, 0.1) is 17.5 Å². The Kier molecular flexibility index (Phi) is 3.39. The minimum atomic E-state index is -0.913. The lowest BCUT2D eigenvalue weighted by Gasteiger charge is -2.27. The minimum Gasteiger partial charge on any atom is -0.330 e. The summed E-state index contributed by atoms with van der Waals surface area (Å²) in [5.74, 6) is -2.66. The van der Waals surface area contributed by atoms with Gasteiger partial charge < -0.3 is 5.73 Å². The predicted octanol–water partition coefficient (Wildman–Crippen LogP) is 2.73. The maximum Gasteiger partial charge on any atom is 0.132 e. The van der Waals surface area contributed by atoms with Gasteiger partial charge in [-0.3, -0.25) is 0 Å². The van der Waals surface area contributed by atoms with Crippen LogP contribution < -0.4 is 5.73 Å². The van der Waals surface area contributed by atoms with Crippen molar-refractivity contribution in [1.82, 2.24) is 0 Å². The second-order valence-electron chi connectivity index (χ2n) is 3.86. The third kappa shape index (κ3) is 2.15. The number of benzene rings is 1. The number of nitrogens with two attached hydrogens (primary N) is 1. The van der Waals surface area contributed by atoms with Crippen LogP contribution in [0.25, 0.3) is 0 Å². The van der Waals surface area contributed by atoms with Gasteiger partial charge >= 0.3 is 0 Å². The molecule has 0 radical (unpaired) electrons. The van der Waals surface area contributed by atoms with Gasteiger partial charge in [0.1, 0.15) is 17.5 Å². The van der Waals surface area contributed by atoms with Gasteiger partial charge in [-0.1, -0.05) is 13.8 Å². The lowest BCUT2D eigenvalue weighted by molar-refractivity contribution is 0.405. The maximum absolute atomic E-state index is 13.4. The molecule has 1 aromatic rings. The Morgan fingerprint density at radius 2 is 1.67 bits per heavy atom. The van der Waals surface area contributed by atoms with Crippen LogP contribution in [0.3, 0.4) is 0 Å². The van der Waals surface area contributed by atoms with Crippen LogP contribution in [0.15, 0.2) is 12.1 Å². The van der Waals surface area contributed by atoms with Gasteiger partial charge in [-0.2, -0.15) is 0 Å². The fraction of sp³-hybridized carbons (Fsp3) is 0.455. The largest absolute Gasteiger partial charge is 0.330 e. The predicted molar refractivity (Wildman–Crippen MR) is 53.0 cm³/mol. The third-order valence-electron chi connectivity index (χ3n) is 2.84. The molecule has 84 valence electrons. The fourth-order valence-electron chi connectivity index (χ4n) is 1.54. The first kappa shape index (κ1) is 12.0. The van der Waals surface area contributed by atoms with E-state index in [-0.39, 0.29) is 12.1 Å². The summed E-state index contributed by atoms with van der Waals surface area (Å²) in [6.45, 7) is 3.56. The molecule has 0 saturated carbocycles. The van der Waals surface area contributed by atoms with Crippen LogP contribution in [0.2, 0.25) is 0 Å². The number of hydrogen-bond acceptors (Lipinski definition) is 1. The van der Waals surface area contributed by atoms with Crippen LogP contribution in [-0.4, -0.2) is 6.54 Å². The molecule has 2 N–H and O–H groups in total. The second-order valence-corrected chi connectivity index (χ2v) is 3.86. The first-order chi connectivity index (χ1) is 6.94.